The average molecular weight is 371 g/mol. The van der Waals surface area contributed by atoms with E-state index in [-0.39, 0.29) is 5.50 Å². The summed E-state index contributed by atoms with van der Waals surface area (Å²) in [5.41, 5.74) is 1.08. The summed E-state index contributed by atoms with van der Waals surface area (Å²) in [5.74, 6) is 1.15. The largest absolute Gasteiger partial charge is 0.446 e. The average Bonchev–Trinajstić information content (AvgIpc) is 3.13. The van der Waals surface area contributed by atoms with Gasteiger partial charge in [-0.05, 0) is 44.7 Å². The molecule has 0 saturated heterocycles. The van der Waals surface area contributed by atoms with Crippen molar-refractivity contribution < 1.29 is 18.0 Å². The summed E-state index contributed by atoms with van der Waals surface area (Å²) in [6.45, 7) is 10.6. The molecule has 134 valence electrons. The topological polar surface area (TPSA) is 61.6 Å². The number of nitrogens with zero attached hydrogens (tertiary/aromatic N) is 1. The first-order valence-corrected chi connectivity index (χ1v) is 10.8. The zero-order chi connectivity index (χ0) is 17.7. The molecular formula is C17H26NO4PS. The highest BCUT2D eigenvalue weighted by Crippen LogP contribution is 2.48. The molecule has 2 rings (SSSR count). The fourth-order valence-corrected chi connectivity index (χ4v) is 5.06. The highest BCUT2D eigenvalue weighted by atomic mass is 32.1. The van der Waals surface area contributed by atoms with Crippen LogP contribution in [0, 0.1) is 5.92 Å². The molecule has 0 aliphatic rings. The van der Waals surface area contributed by atoms with Gasteiger partial charge in [-0.1, -0.05) is 20.8 Å². The van der Waals surface area contributed by atoms with Crippen LogP contribution in [-0.4, -0.2) is 18.2 Å². The zero-order valence-corrected chi connectivity index (χ0v) is 16.7. The fraction of sp³-hybridized carbons (Fsp3) is 0.588. The second kappa shape index (κ2) is 8.43. The Hall–Kier alpha value is -0.940. The number of furan rings is 1. The molecule has 0 N–H and O–H groups in total. The summed E-state index contributed by atoms with van der Waals surface area (Å²) in [5, 5.41) is 1.08. The first-order chi connectivity index (χ1) is 11.4. The summed E-state index contributed by atoms with van der Waals surface area (Å²) in [6, 6.07) is 3.48. The fourth-order valence-electron chi connectivity index (χ4n) is 2.36. The maximum atomic E-state index is 12.8. The minimum atomic E-state index is -3.41. The molecule has 5 nitrogen and oxygen atoms in total. The van der Waals surface area contributed by atoms with E-state index < -0.39 is 7.60 Å². The highest BCUT2D eigenvalue weighted by molar-refractivity contribution is 7.61. The number of rotatable bonds is 9. The van der Waals surface area contributed by atoms with Crippen LogP contribution in [0.2, 0.25) is 0 Å². The quantitative estimate of drug-likeness (QED) is 0.577. The highest BCUT2D eigenvalue weighted by Gasteiger charge is 2.31. The lowest BCUT2D eigenvalue weighted by molar-refractivity contribution is 0.225. The van der Waals surface area contributed by atoms with Crippen LogP contribution in [0.4, 0.5) is 0 Å². The second-order valence-electron chi connectivity index (χ2n) is 5.80. The summed E-state index contributed by atoms with van der Waals surface area (Å²) in [7, 11) is -3.41. The molecule has 0 atom stereocenters. The minimum absolute atomic E-state index is 0.239. The summed E-state index contributed by atoms with van der Waals surface area (Å²) in [6.07, 6.45) is 1.83. The van der Waals surface area contributed by atoms with Crippen LogP contribution in [0.15, 0.2) is 16.5 Å². The lowest BCUT2D eigenvalue weighted by Crippen LogP contribution is -2.08. The zero-order valence-electron chi connectivity index (χ0n) is 15.0. The van der Waals surface area contributed by atoms with Crippen molar-refractivity contribution in [2.24, 2.45) is 5.92 Å². The molecule has 0 aliphatic heterocycles. The van der Waals surface area contributed by atoms with Crippen LogP contribution in [0.25, 0.3) is 11.5 Å². The Bertz CT molecular complexity index is 697. The monoisotopic (exact) mass is 371 g/mol. The number of aromatic nitrogens is 1. The summed E-state index contributed by atoms with van der Waals surface area (Å²) in [4.78, 5) is 5.89. The van der Waals surface area contributed by atoms with E-state index in [1.54, 1.807) is 37.3 Å². The van der Waals surface area contributed by atoms with Crippen LogP contribution in [-0.2, 0) is 26.5 Å². The Balaban J connectivity index is 2.39. The van der Waals surface area contributed by atoms with Crippen molar-refractivity contribution in [1.29, 1.82) is 0 Å². The Labute approximate surface area is 147 Å². The molecule has 0 bridgehead atoms. The van der Waals surface area contributed by atoms with E-state index in [0.717, 1.165) is 23.5 Å². The Morgan fingerprint density at radius 3 is 2.42 bits per heavy atom. The smallest absolute Gasteiger partial charge is 0.396 e. The molecule has 0 amide bonds. The third-order valence-electron chi connectivity index (χ3n) is 3.33. The van der Waals surface area contributed by atoms with Gasteiger partial charge < -0.3 is 13.5 Å². The van der Waals surface area contributed by atoms with Gasteiger partial charge >= 0.3 is 7.60 Å². The van der Waals surface area contributed by atoms with Gasteiger partial charge in [0.05, 0.1) is 18.2 Å². The van der Waals surface area contributed by atoms with Gasteiger partial charge in [0.1, 0.15) is 5.69 Å². The van der Waals surface area contributed by atoms with Gasteiger partial charge in [0.2, 0.25) is 5.50 Å². The van der Waals surface area contributed by atoms with Crippen LogP contribution < -0.4 is 5.50 Å². The maximum Gasteiger partial charge on any atom is 0.396 e. The molecule has 0 aliphatic carbocycles. The lowest BCUT2D eigenvalue weighted by atomic mass is 10.1. The molecule has 7 heteroatoms. The molecule has 24 heavy (non-hydrogen) atoms. The van der Waals surface area contributed by atoms with E-state index in [0.29, 0.717) is 24.9 Å². The van der Waals surface area contributed by atoms with Crippen molar-refractivity contribution in [2.45, 2.75) is 47.5 Å². The van der Waals surface area contributed by atoms with E-state index in [1.165, 1.54) is 4.88 Å². The van der Waals surface area contributed by atoms with Crippen molar-refractivity contribution >= 4 is 24.4 Å². The van der Waals surface area contributed by atoms with Gasteiger partial charge in [0.25, 0.3) is 0 Å². The van der Waals surface area contributed by atoms with E-state index in [2.05, 4.69) is 20.8 Å². The predicted octanol–water partition coefficient (Wildman–Crippen LogP) is 5.06. The molecule has 0 radical (unpaired) electrons. The molecular weight excluding hydrogens is 345 g/mol. The minimum Gasteiger partial charge on any atom is -0.446 e. The third-order valence-corrected chi connectivity index (χ3v) is 6.53. The van der Waals surface area contributed by atoms with Gasteiger partial charge in [-0.2, -0.15) is 0 Å². The van der Waals surface area contributed by atoms with E-state index in [9.17, 15) is 4.57 Å². The van der Waals surface area contributed by atoms with Crippen LogP contribution in [0.1, 0.15) is 44.5 Å². The Kier molecular flexibility index (Phi) is 6.81. The van der Waals surface area contributed by atoms with Crippen LogP contribution >= 0.6 is 18.9 Å². The van der Waals surface area contributed by atoms with Gasteiger partial charge in [0, 0.05) is 4.88 Å². The van der Waals surface area contributed by atoms with Crippen LogP contribution in [0.3, 0.4) is 0 Å². The lowest BCUT2D eigenvalue weighted by Gasteiger charge is -2.13. The van der Waals surface area contributed by atoms with Crippen molar-refractivity contribution in [3.05, 3.63) is 22.0 Å². The van der Waals surface area contributed by atoms with Crippen LogP contribution in [0.5, 0.6) is 0 Å². The molecule has 0 fully saturated rings. The van der Waals surface area contributed by atoms with Crippen molar-refractivity contribution in [2.75, 3.05) is 13.2 Å². The number of aryl methyl sites for hydroxylation is 1. The third kappa shape index (κ3) is 4.37. The number of hydrogen-bond acceptors (Lipinski definition) is 6. The van der Waals surface area contributed by atoms with Gasteiger partial charge in [-0.25, -0.2) is 4.98 Å². The molecule has 0 saturated carbocycles. The Morgan fingerprint density at radius 1 is 1.21 bits per heavy atom. The Morgan fingerprint density at radius 2 is 1.88 bits per heavy atom. The van der Waals surface area contributed by atoms with Gasteiger partial charge in [0.15, 0.2) is 5.76 Å². The normalized spacial score (nSPS) is 12.2. The van der Waals surface area contributed by atoms with E-state index in [4.69, 9.17) is 18.4 Å². The maximum absolute atomic E-state index is 12.8. The second-order valence-corrected chi connectivity index (χ2v) is 8.92. The molecule has 0 aromatic carbocycles. The first kappa shape index (κ1) is 19.4. The molecule has 0 spiro atoms. The van der Waals surface area contributed by atoms with Crippen molar-refractivity contribution in [3.8, 4) is 11.5 Å². The first-order valence-electron chi connectivity index (χ1n) is 8.41. The number of hydrogen-bond donors (Lipinski definition) is 0. The summed E-state index contributed by atoms with van der Waals surface area (Å²) < 4.78 is 29.4. The molecule has 2 aromatic heterocycles. The molecule has 0 unspecified atom stereocenters. The van der Waals surface area contributed by atoms with E-state index in [1.807, 2.05) is 0 Å². The predicted molar refractivity (Wildman–Crippen MR) is 98.2 cm³/mol. The van der Waals surface area contributed by atoms with Gasteiger partial charge in [-0.15, -0.1) is 11.3 Å². The summed E-state index contributed by atoms with van der Waals surface area (Å²) >= 11 is 1.72. The van der Waals surface area contributed by atoms with E-state index >= 15 is 0 Å². The van der Waals surface area contributed by atoms with Gasteiger partial charge in [-0.3, -0.25) is 4.57 Å². The standard InChI is InChI=1S/C17H26NO4PS/c1-6-15-18-17(14(24-15)11-12(4)5)13-9-10-16(22-13)23(19,20-7-2)21-8-3/h9-10,12H,6-8,11H2,1-5H3. The van der Waals surface area contributed by atoms with Crippen molar-refractivity contribution in [1.82, 2.24) is 4.98 Å². The number of thiazole rings is 1. The van der Waals surface area contributed by atoms with Crippen molar-refractivity contribution in [3.63, 3.8) is 0 Å². The SMILES string of the molecule is CCOP(=O)(OCC)c1ccc(-c2nc(CC)sc2CC(C)C)o1. The molecule has 2 aromatic rings. The molecule has 2 heterocycles.